The first kappa shape index (κ1) is 24.6. The zero-order valence-corrected chi connectivity index (χ0v) is 20.4. The third-order valence-electron chi connectivity index (χ3n) is 6.05. The predicted molar refractivity (Wildman–Crippen MR) is 140 cm³/mol. The molecule has 33 heavy (non-hydrogen) atoms. The van der Waals surface area contributed by atoms with Crippen molar-refractivity contribution in [3.63, 3.8) is 0 Å². The maximum absolute atomic E-state index is 13.1. The molecule has 0 radical (unpaired) electrons. The van der Waals surface area contributed by atoms with E-state index >= 15 is 0 Å². The smallest absolute Gasteiger partial charge is 0.267 e. The summed E-state index contributed by atoms with van der Waals surface area (Å²) in [6, 6.07) is 17.8. The summed E-state index contributed by atoms with van der Waals surface area (Å²) in [5.74, 6) is -0.197. The van der Waals surface area contributed by atoms with Gasteiger partial charge in [0.25, 0.3) is 5.91 Å². The lowest BCUT2D eigenvalue weighted by Crippen LogP contribution is -2.19. The summed E-state index contributed by atoms with van der Waals surface area (Å²) in [6.45, 7) is 6.30. The van der Waals surface area contributed by atoms with Crippen LogP contribution < -0.4 is 5.43 Å². The van der Waals surface area contributed by atoms with Crippen molar-refractivity contribution in [1.29, 1.82) is 0 Å². The Morgan fingerprint density at radius 1 is 0.909 bits per heavy atom. The maximum atomic E-state index is 13.1. The quantitative estimate of drug-likeness (QED) is 0.176. The number of para-hydroxylation sites is 1. The fraction of sp³-hybridized carbons (Fsp3) is 0.414. The summed E-state index contributed by atoms with van der Waals surface area (Å²) in [4.78, 5) is 17.8. The minimum atomic E-state index is -0.197. The monoisotopic (exact) mass is 443 g/mol. The van der Waals surface area contributed by atoms with Crippen molar-refractivity contribution < 1.29 is 4.79 Å². The van der Waals surface area contributed by atoms with Crippen molar-refractivity contribution in [2.45, 2.75) is 78.6 Å². The number of hydrogen-bond acceptors (Lipinski definition) is 3. The molecule has 3 rings (SSSR count). The number of carbonyl (C=O) groups excluding carboxylic acids is 1. The van der Waals surface area contributed by atoms with Crippen LogP contribution in [-0.4, -0.2) is 16.6 Å². The van der Waals surface area contributed by atoms with Gasteiger partial charge in [-0.2, -0.15) is 5.10 Å². The van der Waals surface area contributed by atoms with E-state index in [0.717, 1.165) is 40.7 Å². The van der Waals surface area contributed by atoms with Gasteiger partial charge in [0.05, 0.1) is 16.8 Å². The van der Waals surface area contributed by atoms with E-state index in [0.29, 0.717) is 5.56 Å². The predicted octanol–water partition coefficient (Wildman–Crippen LogP) is 7.85. The molecule has 0 saturated heterocycles. The van der Waals surface area contributed by atoms with E-state index in [1.165, 1.54) is 50.5 Å². The number of nitrogens with zero attached hydrogens (tertiary/aromatic N) is 2. The molecule has 0 aliphatic rings. The van der Waals surface area contributed by atoms with Crippen LogP contribution in [0.4, 0.5) is 0 Å². The number of amides is 1. The largest absolute Gasteiger partial charge is 0.272 e. The van der Waals surface area contributed by atoms with Crippen molar-refractivity contribution >= 4 is 22.5 Å². The van der Waals surface area contributed by atoms with Crippen LogP contribution >= 0.6 is 0 Å². The van der Waals surface area contributed by atoms with Crippen LogP contribution in [0.25, 0.3) is 22.2 Å². The molecule has 0 bridgehead atoms. The molecule has 1 heterocycles. The average Bonchev–Trinajstić information content (AvgIpc) is 2.84. The zero-order valence-electron chi connectivity index (χ0n) is 20.4. The number of pyridine rings is 1. The van der Waals surface area contributed by atoms with E-state index in [2.05, 4.69) is 36.5 Å². The van der Waals surface area contributed by atoms with Gasteiger partial charge in [-0.1, -0.05) is 99.9 Å². The molecule has 0 aliphatic carbocycles. The van der Waals surface area contributed by atoms with Gasteiger partial charge in [0, 0.05) is 16.7 Å². The lowest BCUT2D eigenvalue weighted by Gasteiger charge is -2.10. The number of unbranched alkanes of at least 4 members (excludes halogenated alkanes) is 7. The summed E-state index contributed by atoms with van der Waals surface area (Å²) in [5.41, 5.74) is 8.12. The molecule has 1 aromatic heterocycles. The summed E-state index contributed by atoms with van der Waals surface area (Å²) in [6.07, 6.45) is 11.2. The first-order chi connectivity index (χ1) is 16.1. The lowest BCUT2D eigenvalue weighted by atomic mass is 10.0. The van der Waals surface area contributed by atoms with Crippen molar-refractivity contribution in [3.8, 4) is 11.3 Å². The van der Waals surface area contributed by atoms with Gasteiger partial charge < -0.3 is 0 Å². The van der Waals surface area contributed by atoms with Gasteiger partial charge in [0.1, 0.15) is 0 Å². The van der Waals surface area contributed by atoms with Gasteiger partial charge in [0.2, 0.25) is 0 Å². The fourth-order valence-electron chi connectivity index (χ4n) is 4.01. The minimum absolute atomic E-state index is 0.197. The molecule has 174 valence electrons. The van der Waals surface area contributed by atoms with Gasteiger partial charge in [-0.15, -0.1) is 0 Å². The van der Waals surface area contributed by atoms with Crippen molar-refractivity contribution in [1.82, 2.24) is 10.4 Å². The summed E-state index contributed by atoms with van der Waals surface area (Å²) >= 11 is 0. The molecule has 2 aromatic carbocycles. The Bertz CT molecular complexity index is 1070. The maximum Gasteiger partial charge on any atom is 0.272 e. The molecule has 4 nitrogen and oxygen atoms in total. The highest BCUT2D eigenvalue weighted by Gasteiger charge is 2.13. The van der Waals surface area contributed by atoms with E-state index in [1.54, 1.807) is 0 Å². The molecule has 0 unspecified atom stereocenters. The number of aryl methyl sites for hydroxylation is 1. The Balaban J connectivity index is 1.62. The Labute approximate surface area is 198 Å². The minimum Gasteiger partial charge on any atom is -0.267 e. The van der Waals surface area contributed by atoms with Gasteiger partial charge >= 0.3 is 0 Å². The summed E-state index contributed by atoms with van der Waals surface area (Å²) < 4.78 is 0. The van der Waals surface area contributed by atoms with Gasteiger partial charge in [-0.3, -0.25) is 4.79 Å². The second-order valence-corrected chi connectivity index (χ2v) is 8.95. The second-order valence-electron chi connectivity index (χ2n) is 8.95. The Hall–Kier alpha value is -3.01. The highest BCUT2D eigenvalue weighted by atomic mass is 16.2. The van der Waals surface area contributed by atoms with Crippen molar-refractivity contribution in [2.75, 3.05) is 0 Å². The summed E-state index contributed by atoms with van der Waals surface area (Å²) in [5, 5.41) is 5.21. The van der Waals surface area contributed by atoms with Crippen LogP contribution in [0.5, 0.6) is 0 Å². The Morgan fingerprint density at radius 3 is 2.30 bits per heavy atom. The number of hydrogen-bond donors (Lipinski definition) is 1. The number of nitrogens with one attached hydrogen (secondary N) is 1. The average molecular weight is 444 g/mol. The Kier molecular flexibility index (Phi) is 9.61. The third kappa shape index (κ3) is 7.52. The Morgan fingerprint density at radius 2 is 1.58 bits per heavy atom. The molecule has 1 N–H and O–H groups in total. The number of hydrazone groups is 1. The normalized spacial score (nSPS) is 11.7. The van der Waals surface area contributed by atoms with Crippen LogP contribution in [0, 0.1) is 6.92 Å². The highest BCUT2D eigenvalue weighted by molar-refractivity contribution is 6.07. The first-order valence-electron chi connectivity index (χ1n) is 12.4. The number of fused-ring (bicyclic) bond motifs is 1. The molecule has 0 atom stereocenters. The van der Waals surface area contributed by atoms with Crippen molar-refractivity contribution in [2.24, 2.45) is 5.10 Å². The standard InChI is InChI=1S/C29H37N3O/c1-4-5-6-7-8-9-10-11-14-23(3)31-32-29(33)26-21-28(24-19-17-22(2)18-20-24)30-27-16-13-12-15-25(26)27/h12-13,15-21H,4-11,14H2,1-3H3,(H,32,33). The molecule has 0 aliphatic heterocycles. The molecular formula is C29H37N3O. The van der Waals surface area contributed by atoms with Crippen LogP contribution in [0.2, 0.25) is 0 Å². The van der Waals surface area contributed by atoms with Gasteiger partial charge in [0.15, 0.2) is 0 Å². The second kappa shape index (κ2) is 12.9. The van der Waals surface area contributed by atoms with Gasteiger partial charge in [-0.05, 0) is 38.8 Å². The highest BCUT2D eigenvalue weighted by Crippen LogP contribution is 2.25. The van der Waals surface area contributed by atoms with Gasteiger partial charge in [-0.25, -0.2) is 10.4 Å². The van der Waals surface area contributed by atoms with Crippen molar-refractivity contribution in [3.05, 3.63) is 65.7 Å². The van der Waals surface area contributed by atoms with Crippen LogP contribution in [0.1, 0.15) is 87.6 Å². The van der Waals surface area contributed by atoms with Crippen LogP contribution in [-0.2, 0) is 0 Å². The summed E-state index contributed by atoms with van der Waals surface area (Å²) in [7, 11) is 0. The zero-order chi connectivity index (χ0) is 23.5. The van der Waals surface area contributed by atoms with E-state index in [-0.39, 0.29) is 5.91 Å². The number of carbonyl (C=O) groups is 1. The molecule has 1 amide bonds. The van der Waals surface area contributed by atoms with E-state index in [4.69, 9.17) is 4.98 Å². The van der Waals surface area contributed by atoms with E-state index in [1.807, 2.05) is 49.4 Å². The van der Waals surface area contributed by atoms with E-state index < -0.39 is 0 Å². The number of rotatable bonds is 12. The van der Waals surface area contributed by atoms with Crippen LogP contribution in [0.15, 0.2) is 59.7 Å². The SMILES string of the molecule is CCCCCCCCCCC(C)=NNC(=O)c1cc(-c2ccc(C)cc2)nc2ccccc12. The molecule has 0 spiro atoms. The number of benzene rings is 2. The molecule has 0 fully saturated rings. The first-order valence-corrected chi connectivity index (χ1v) is 12.4. The lowest BCUT2D eigenvalue weighted by molar-refractivity contribution is 0.0956. The molecular weight excluding hydrogens is 406 g/mol. The topological polar surface area (TPSA) is 54.4 Å². The molecule has 0 saturated carbocycles. The molecule has 3 aromatic rings. The molecule has 4 heteroatoms. The number of aromatic nitrogens is 1. The van der Waals surface area contributed by atoms with E-state index in [9.17, 15) is 4.79 Å². The fourth-order valence-corrected chi connectivity index (χ4v) is 4.01. The third-order valence-corrected chi connectivity index (χ3v) is 6.05. The van der Waals surface area contributed by atoms with Crippen LogP contribution in [0.3, 0.4) is 0 Å².